The van der Waals surface area contributed by atoms with Crippen LogP contribution in [0.25, 0.3) is 0 Å². The number of piperidine rings is 1. The number of rotatable bonds is 6. The van der Waals surface area contributed by atoms with Gasteiger partial charge in [0.05, 0.1) is 14.2 Å². The molecule has 134 valence electrons. The maximum atomic E-state index is 5.51. The smallest absolute Gasteiger partial charge is 0.123 e. The van der Waals surface area contributed by atoms with Gasteiger partial charge in [0, 0.05) is 44.8 Å². The third-order valence-corrected chi connectivity index (χ3v) is 5.26. The Balaban J connectivity index is 1.50. The standard InChI is InChI=1S/C19H31N3O2/c1-23-18-5-6-19(24-2)17(12-18)15-22-10-8-21(9-11-22)14-16-4-3-7-20-13-16/h5-6,12,16,20H,3-4,7-11,13-15H2,1-2H3. The lowest BCUT2D eigenvalue weighted by molar-refractivity contribution is 0.107. The van der Waals surface area contributed by atoms with E-state index < -0.39 is 0 Å². The van der Waals surface area contributed by atoms with Crippen molar-refractivity contribution in [3.8, 4) is 11.5 Å². The molecule has 24 heavy (non-hydrogen) atoms. The minimum Gasteiger partial charge on any atom is -0.497 e. The summed E-state index contributed by atoms with van der Waals surface area (Å²) in [6.45, 7) is 9.17. The molecule has 1 unspecified atom stereocenters. The molecule has 1 N–H and O–H groups in total. The van der Waals surface area contributed by atoms with Crippen LogP contribution in [0.2, 0.25) is 0 Å². The average Bonchev–Trinajstić information content (AvgIpc) is 2.64. The first-order valence-corrected chi connectivity index (χ1v) is 9.15. The van der Waals surface area contributed by atoms with E-state index in [1.54, 1.807) is 14.2 Å². The van der Waals surface area contributed by atoms with Crippen LogP contribution in [0.15, 0.2) is 18.2 Å². The molecule has 0 aromatic heterocycles. The van der Waals surface area contributed by atoms with Crippen molar-refractivity contribution in [3.05, 3.63) is 23.8 Å². The molecule has 0 radical (unpaired) electrons. The number of methoxy groups -OCH3 is 2. The van der Waals surface area contributed by atoms with Crippen LogP contribution >= 0.6 is 0 Å². The summed E-state index contributed by atoms with van der Waals surface area (Å²) in [5.41, 5.74) is 1.21. The Morgan fingerprint density at radius 1 is 1.08 bits per heavy atom. The van der Waals surface area contributed by atoms with Crippen LogP contribution in [0.4, 0.5) is 0 Å². The summed E-state index contributed by atoms with van der Waals surface area (Å²) in [6, 6.07) is 6.05. The van der Waals surface area contributed by atoms with Crippen molar-refractivity contribution in [2.24, 2.45) is 5.92 Å². The highest BCUT2D eigenvalue weighted by molar-refractivity contribution is 5.40. The highest BCUT2D eigenvalue weighted by Crippen LogP contribution is 2.25. The van der Waals surface area contributed by atoms with E-state index in [0.29, 0.717) is 0 Å². The predicted octanol–water partition coefficient (Wildman–Crippen LogP) is 1.82. The molecule has 2 heterocycles. The fourth-order valence-electron chi connectivity index (χ4n) is 3.82. The molecule has 2 aliphatic rings. The second kappa shape index (κ2) is 8.70. The zero-order valence-electron chi connectivity index (χ0n) is 15.1. The molecule has 0 aliphatic carbocycles. The number of nitrogens with one attached hydrogen (secondary N) is 1. The molecule has 5 nitrogen and oxygen atoms in total. The maximum Gasteiger partial charge on any atom is 0.123 e. The minimum absolute atomic E-state index is 0.837. The molecule has 3 rings (SSSR count). The monoisotopic (exact) mass is 333 g/mol. The largest absolute Gasteiger partial charge is 0.497 e. The Morgan fingerprint density at radius 3 is 2.54 bits per heavy atom. The van der Waals surface area contributed by atoms with Gasteiger partial charge in [-0.3, -0.25) is 4.90 Å². The van der Waals surface area contributed by atoms with Crippen LogP contribution in [-0.4, -0.2) is 69.8 Å². The summed E-state index contributed by atoms with van der Waals surface area (Å²) in [5.74, 6) is 2.68. The van der Waals surface area contributed by atoms with Gasteiger partial charge in [-0.05, 0) is 50.0 Å². The summed E-state index contributed by atoms with van der Waals surface area (Å²) in [5, 5.41) is 3.53. The molecule has 1 atom stereocenters. The van der Waals surface area contributed by atoms with E-state index in [2.05, 4.69) is 21.2 Å². The lowest BCUT2D eigenvalue weighted by atomic mass is 9.99. The molecule has 5 heteroatoms. The van der Waals surface area contributed by atoms with E-state index in [-0.39, 0.29) is 0 Å². The van der Waals surface area contributed by atoms with Crippen LogP contribution in [0.5, 0.6) is 11.5 Å². The summed E-state index contributed by atoms with van der Waals surface area (Å²) in [7, 11) is 3.45. The summed E-state index contributed by atoms with van der Waals surface area (Å²) in [4.78, 5) is 5.16. The van der Waals surface area contributed by atoms with Gasteiger partial charge in [-0.25, -0.2) is 0 Å². The van der Waals surface area contributed by atoms with Crippen molar-refractivity contribution in [1.29, 1.82) is 0 Å². The van der Waals surface area contributed by atoms with Crippen LogP contribution in [0.3, 0.4) is 0 Å². The Labute approximate surface area is 145 Å². The van der Waals surface area contributed by atoms with Crippen molar-refractivity contribution >= 4 is 0 Å². The molecule has 1 aromatic rings. The third-order valence-electron chi connectivity index (χ3n) is 5.26. The van der Waals surface area contributed by atoms with Gasteiger partial charge < -0.3 is 19.7 Å². The lowest BCUT2D eigenvalue weighted by Crippen LogP contribution is -2.48. The van der Waals surface area contributed by atoms with Crippen molar-refractivity contribution in [1.82, 2.24) is 15.1 Å². The van der Waals surface area contributed by atoms with Crippen molar-refractivity contribution in [3.63, 3.8) is 0 Å². The molecule has 1 aromatic carbocycles. The van der Waals surface area contributed by atoms with Crippen molar-refractivity contribution < 1.29 is 9.47 Å². The second-order valence-corrected chi connectivity index (χ2v) is 6.97. The van der Waals surface area contributed by atoms with Gasteiger partial charge in [-0.2, -0.15) is 0 Å². The van der Waals surface area contributed by atoms with Crippen LogP contribution in [-0.2, 0) is 6.54 Å². The minimum atomic E-state index is 0.837. The maximum absolute atomic E-state index is 5.51. The Hall–Kier alpha value is -1.30. The van der Waals surface area contributed by atoms with E-state index in [1.807, 2.05) is 12.1 Å². The quantitative estimate of drug-likeness (QED) is 0.859. The molecule has 0 bridgehead atoms. The van der Waals surface area contributed by atoms with Gasteiger partial charge >= 0.3 is 0 Å². The van der Waals surface area contributed by atoms with E-state index >= 15 is 0 Å². The van der Waals surface area contributed by atoms with E-state index in [0.717, 1.165) is 37.1 Å². The second-order valence-electron chi connectivity index (χ2n) is 6.97. The molecule has 2 fully saturated rings. The zero-order valence-corrected chi connectivity index (χ0v) is 15.1. The lowest BCUT2D eigenvalue weighted by Gasteiger charge is -2.37. The first kappa shape index (κ1) is 17.5. The van der Waals surface area contributed by atoms with Gasteiger partial charge in [-0.1, -0.05) is 0 Å². The van der Waals surface area contributed by atoms with Gasteiger partial charge in [0.25, 0.3) is 0 Å². The van der Waals surface area contributed by atoms with Gasteiger partial charge in [-0.15, -0.1) is 0 Å². The first-order chi connectivity index (χ1) is 11.8. The summed E-state index contributed by atoms with van der Waals surface area (Å²) in [6.07, 6.45) is 2.72. The molecule has 0 spiro atoms. The molecular weight excluding hydrogens is 302 g/mol. The number of piperazine rings is 1. The number of ether oxygens (including phenoxy) is 2. The Morgan fingerprint density at radius 2 is 1.88 bits per heavy atom. The highest BCUT2D eigenvalue weighted by atomic mass is 16.5. The molecule has 0 amide bonds. The molecule has 2 saturated heterocycles. The molecule has 2 aliphatic heterocycles. The summed E-state index contributed by atoms with van der Waals surface area (Å²) < 4.78 is 10.9. The Kier molecular flexibility index (Phi) is 6.35. The third kappa shape index (κ3) is 4.62. The molecular formula is C19H31N3O2. The van der Waals surface area contributed by atoms with E-state index in [1.165, 1.54) is 51.1 Å². The van der Waals surface area contributed by atoms with Gasteiger partial charge in [0.1, 0.15) is 11.5 Å². The SMILES string of the molecule is COc1ccc(OC)c(CN2CCN(CC3CCCNC3)CC2)c1. The van der Waals surface area contributed by atoms with Crippen molar-refractivity contribution in [2.75, 3.05) is 60.0 Å². The zero-order chi connectivity index (χ0) is 16.8. The van der Waals surface area contributed by atoms with E-state index in [9.17, 15) is 0 Å². The van der Waals surface area contributed by atoms with Crippen LogP contribution in [0.1, 0.15) is 18.4 Å². The Bertz CT molecular complexity index is 509. The highest BCUT2D eigenvalue weighted by Gasteiger charge is 2.22. The van der Waals surface area contributed by atoms with Crippen LogP contribution < -0.4 is 14.8 Å². The number of benzene rings is 1. The predicted molar refractivity (Wildman–Crippen MR) is 96.9 cm³/mol. The molecule has 0 saturated carbocycles. The fraction of sp³-hybridized carbons (Fsp3) is 0.684. The topological polar surface area (TPSA) is 37.0 Å². The normalized spacial score (nSPS) is 23.2. The number of hydrogen-bond acceptors (Lipinski definition) is 5. The van der Waals surface area contributed by atoms with E-state index in [4.69, 9.17) is 9.47 Å². The van der Waals surface area contributed by atoms with Crippen LogP contribution in [0, 0.1) is 5.92 Å². The number of hydrogen-bond donors (Lipinski definition) is 1. The van der Waals surface area contributed by atoms with Gasteiger partial charge in [0.2, 0.25) is 0 Å². The first-order valence-electron chi connectivity index (χ1n) is 9.15. The number of nitrogens with zero attached hydrogens (tertiary/aromatic N) is 2. The van der Waals surface area contributed by atoms with Crippen molar-refractivity contribution in [2.45, 2.75) is 19.4 Å². The van der Waals surface area contributed by atoms with Gasteiger partial charge in [0.15, 0.2) is 0 Å². The fourth-order valence-corrected chi connectivity index (χ4v) is 3.82. The summed E-state index contributed by atoms with van der Waals surface area (Å²) >= 11 is 0. The average molecular weight is 333 g/mol.